The second kappa shape index (κ2) is 19.8. The van der Waals surface area contributed by atoms with Gasteiger partial charge in [0.05, 0.1) is 49.3 Å². The highest BCUT2D eigenvalue weighted by atomic mass is 16.7. The van der Waals surface area contributed by atoms with Gasteiger partial charge in [0.25, 0.3) is 0 Å². The van der Waals surface area contributed by atoms with Crippen LogP contribution >= 0.6 is 0 Å². The quantitative estimate of drug-likeness (QED) is 0.204. The molecule has 14 heteroatoms. The molecule has 0 amide bonds. The van der Waals surface area contributed by atoms with E-state index in [4.69, 9.17) is 47.4 Å². The first-order chi connectivity index (χ1) is 29.5. The maximum absolute atomic E-state index is 14.4. The highest BCUT2D eigenvalue weighted by Crippen LogP contribution is 2.48. The number of ether oxygens (including phenoxy) is 10. The number of carbonyl (C=O) groups excluding carboxylic acids is 1. The number of allylic oxidation sites excluding steroid dienone is 2. The first-order valence-corrected chi connectivity index (χ1v) is 23.2. The van der Waals surface area contributed by atoms with Gasteiger partial charge in [0.2, 0.25) is 0 Å². The highest BCUT2D eigenvalue weighted by Gasteiger charge is 2.60. The minimum absolute atomic E-state index is 0.00708. The van der Waals surface area contributed by atoms with E-state index in [2.05, 4.69) is 40.7 Å². The van der Waals surface area contributed by atoms with Gasteiger partial charge in [0, 0.05) is 52.2 Å². The molecule has 2 bridgehead atoms. The normalized spacial score (nSPS) is 47.2. The van der Waals surface area contributed by atoms with Crippen molar-refractivity contribution in [3.63, 3.8) is 0 Å². The number of aliphatic hydroxyl groups is 3. The van der Waals surface area contributed by atoms with Crippen LogP contribution in [0.25, 0.3) is 0 Å². The van der Waals surface area contributed by atoms with Gasteiger partial charge in [0.1, 0.15) is 42.0 Å². The average Bonchev–Trinajstić information content (AvgIpc) is 3.58. The molecule has 14 nitrogen and oxygen atoms in total. The van der Waals surface area contributed by atoms with Crippen LogP contribution < -0.4 is 0 Å². The topological polar surface area (TPSA) is 170 Å². The maximum atomic E-state index is 14.4. The largest absolute Gasteiger partial charge is 0.462 e. The van der Waals surface area contributed by atoms with Crippen LogP contribution in [0.4, 0.5) is 0 Å². The summed E-state index contributed by atoms with van der Waals surface area (Å²) in [6.07, 6.45) is 6.53. The summed E-state index contributed by atoms with van der Waals surface area (Å²) in [5.41, 5.74) is 0.188. The molecule has 0 saturated carbocycles. The summed E-state index contributed by atoms with van der Waals surface area (Å²) in [6.45, 7) is 16.3. The van der Waals surface area contributed by atoms with Crippen molar-refractivity contribution in [1.82, 2.24) is 0 Å². The molecule has 350 valence electrons. The Hall–Kier alpha value is -2.05. The molecule has 1 spiro atoms. The summed E-state index contributed by atoms with van der Waals surface area (Å²) >= 11 is 0. The van der Waals surface area contributed by atoms with Crippen LogP contribution in [-0.4, -0.2) is 139 Å². The van der Waals surface area contributed by atoms with Gasteiger partial charge in [-0.15, -0.1) is 0 Å². The van der Waals surface area contributed by atoms with Crippen LogP contribution in [0.3, 0.4) is 0 Å². The van der Waals surface area contributed by atoms with Gasteiger partial charge in [-0.2, -0.15) is 0 Å². The van der Waals surface area contributed by atoms with Crippen LogP contribution in [0, 0.1) is 23.7 Å². The Morgan fingerprint density at radius 3 is 2.35 bits per heavy atom. The van der Waals surface area contributed by atoms with Gasteiger partial charge in [-0.25, -0.2) is 0 Å². The lowest BCUT2D eigenvalue weighted by atomic mass is 9.71. The Morgan fingerprint density at radius 2 is 1.63 bits per heavy atom. The minimum atomic E-state index is -1.82. The Bertz CT molecular complexity index is 1680. The molecule has 3 N–H and O–H groups in total. The van der Waals surface area contributed by atoms with Crippen LogP contribution in [0.2, 0.25) is 0 Å². The van der Waals surface area contributed by atoms with Crippen LogP contribution in [-0.2, 0) is 52.2 Å². The molecule has 7 rings (SSSR count). The molecule has 0 aromatic carbocycles. The summed E-state index contributed by atoms with van der Waals surface area (Å²) in [7, 11) is 3.23. The molecule has 0 aromatic rings. The van der Waals surface area contributed by atoms with Crippen molar-refractivity contribution in [2.24, 2.45) is 23.7 Å². The zero-order valence-electron chi connectivity index (χ0n) is 38.5. The summed E-state index contributed by atoms with van der Waals surface area (Å²) in [5.74, 6) is -2.10. The molecular formula is C48H74O14. The van der Waals surface area contributed by atoms with E-state index in [1.807, 2.05) is 19.1 Å². The number of rotatable bonds is 8. The Labute approximate surface area is 368 Å². The van der Waals surface area contributed by atoms with E-state index in [0.717, 1.165) is 18.4 Å². The number of carbonyl (C=O) groups is 1. The van der Waals surface area contributed by atoms with Crippen LogP contribution in [0.5, 0.6) is 0 Å². The molecular weight excluding hydrogens is 801 g/mol. The van der Waals surface area contributed by atoms with Crippen molar-refractivity contribution in [3.8, 4) is 0 Å². The zero-order chi connectivity index (χ0) is 44.7. The first kappa shape index (κ1) is 47.9. The smallest absolute Gasteiger partial charge is 0.316 e. The summed E-state index contributed by atoms with van der Waals surface area (Å²) in [6, 6.07) is 0. The number of methoxy groups -OCH3 is 2. The zero-order valence-corrected chi connectivity index (χ0v) is 38.5. The fourth-order valence-electron chi connectivity index (χ4n) is 11.0. The van der Waals surface area contributed by atoms with E-state index < -0.39 is 90.8 Å². The van der Waals surface area contributed by atoms with E-state index >= 15 is 0 Å². The monoisotopic (exact) mass is 875 g/mol. The predicted molar refractivity (Wildman–Crippen MR) is 227 cm³/mol. The van der Waals surface area contributed by atoms with Crippen molar-refractivity contribution < 1.29 is 67.5 Å². The fraction of sp³-hybridized carbons (Fsp3) is 0.812. The molecule has 0 aromatic heterocycles. The third-order valence-electron chi connectivity index (χ3n) is 14.9. The van der Waals surface area contributed by atoms with Gasteiger partial charge in [0.15, 0.2) is 18.4 Å². The van der Waals surface area contributed by atoms with Gasteiger partial charge >= 0.3 is 5.97 Å². The number of esters is 1. The summed E-state index contributed by atoms with van der Waals surface area (Å²) < 4.78 is 63.9. The maximum Gasteiger partial charge on any atom is 0.316 e. The van der Waals surface area contributed by atoms with E-state index in [9.17, 15) is 20.1 Å². The van der Waals surface area contributed by atoms with E-state index in [1.165, 1.54) is 0 Å². The van der Waals surface area contributed by atoms with E-state index in [1.54, 1.807) is 40.2 Å². The lowest BCUT2D eigenvalue weighted by Crippen LogP contribution is -2.58. The van der Waals surface area contributed by atoms with E-state index in [0.29, 0.717) is 61.5 Å². The number of hydrogen-bond acceptors (Lipinski definition) is 14. The standard InChI is InChI=1S/C48H74O14/c1-11-25(2)43-28(5)17-18-47(62-43)23-34-20-33(61-47)16-15-27(4)42(26(3)13-12-14-32-24-55-45-40(49)29(6)19-35(46(51)58-34)48(32,45)52)59-39-22-37(54-10)44(31(8)57-39)60-38-21-36(53-9)41(50)30(7)56-38/h12-15,19,25-26,28,30-31,33-45,49-50,52H,11,16-18,20-24H2,1-10H3/t25-,26-,28-,30?,31?,33+,34-,35-,36?,37?,38?,39?,40+,41?,42-,43+,44?,45+,47+,48+/m0/s1. The van der Waals surface area contributed by atoms with Gasteiger partial charge in [-0.05, 0) is 69.1 Å². The number of fused-ring (bicyclic) bond motifs is 2. The average molecular weight is 875 g/mol. The lowest BCUT2D eigenvalue weighted by Gasteiger charge is -2.51. The van der Waals surface area contributed by atoms with Crippen LogP contribution in [0.15, 0.2) is 47.1 Å². The van der Waals surface area contributed by atoms with Gasteiger partial charge < -0.3 is 62.7 Å². The highest BCUT2D eigenvalue weighted by molar-refractivity contribution is 5.78. The van der Waals surface area contributed by atoms with Crippen LogP contribution in [0.1, 0.15) is 107 Å². The van der Waals surface area contributed by atoms with Crippen molar-refractivity contribution in [2.75, 3.05) is 20.8 Å². The second-order valence-corrected chi connectivity index (χ2v) is 19.4. The SMILES string of the molecule is CC[C@H](C)[C@H]1O[C@]2(CC[C@@H]1C)C[C@@H]1C[C@@H](CC=C(C)[C@@H](OC3CC(OC)C(OC4CC(OC)C(O)C(C)O4)C(C)O3)[C@@H](C)C=CC=C3CO[C@@H]4[C@H](O)C(C)=C[C@@H](C(=O)O1)[C@]34O)O2. The number of hydrogen-bond donors (Lipinski definition) is 3. The third kappa shape index (κ3) is 9.73. The molecule has 20 atom stereocenters. The van der Waals surface area contributed by atoms with Gasteiger partial charge in [-0.3, -0.25) is 4.79 Å². The molecule has 5 fully saturated rings. The lowest BCUT2D eigenvalue weighted by molar-refractivity contribution is -0.340. The van der Waals surface area contributed by atoms with E-state index in [-0.39, 0.29) is 30.8 Å². The molecule has 5 saturated heterocycles. The second-order valence-electron chi connectivity index (χ2n) is 19.4. The Kier molecular flexibility index (Phi) is 15.3. The summed E-state index contributed by atoms with van der Waals surface area (Å²) in [4.78, 5) is 14.4. The Morgan fingerprint density at radius 1 is 0.919 bits per heavy atom. The number of aliphatic hydroxyl groups excluding tert-OH is 2. The van der Waals surface area contributed by atoms with Gasteiger partial charge in [-0.1, -0.05) is 64.5 Å². The van der Waals surface area contributed by atoms with Crippen molar-refractivity contribution in [3.05, 3.63) is 47.1 Å². The molecule has 6 heterocycles. The molecule has 1 aliphatic carbocycles. The first-order valence-electron chi connectivity index (χ1n) is 23.2. The Balaban J connectivity index is 1.18. The molecule has 0 radical (unpaired) electrons. The molecule has 7 aliphatic rings. The molecule has 62 heavy (non-hydrogen) atoms. The molecule has 8 unspecified atom stereocenters. The summed E-state index contributed by atoms with van der Waals surface area (Å²) in [5, 5.41) is 34.2. The minimum Gasteiger partial charge on any atom is -0.462 e. The van der Waals surface area contributed by atoms with Crippen molar-refractivity contribution in [2.45, 2.75) is 204 Å². The van der Waals surface area contributed by atoms with Crippen molar-refractivity contribution >= 4 is 5.97 Å². The van der Waals surface area contributed by atoms with Crippen molar-refractivity contribution in [1.29, 1.82) is 0 Å². The third-order valence-corrected chi connectivity index (χ3v) is 14.9. The fourth-order valence-corrected chi connectivity index (χ4v) is 11.0. The molecule has 6 aliphatic heterocycles. The predicted octanol–water partition coefficient (Wildman–Crippen LogP) is 5.60.